The van der Waals surface area contributed by atoms with Gasteiger partial charge in [0, 0.05) is 31.7 Å². The summed E-state index contributed by atoms with van der Waals surface area (Å²) in [7, 11) is -3.47. The lowest BCUT2D eigenvalue weighted by molar-refractivity contribution is 0.168. The highest BCUT2D eigenvalue weighted by molar-refractivity contribution is 7.89. The lowest BCUT2D eigenvalue weighted by Crippen LogP contribution is -2.48. The Morgan fingerprint density at radius 1 is 0.935 bits per heavy atom. The lowest BCUT2D eigenvalue weighted by Gasteiger charge is -2.33. The second kappa shape index (κ2) is 9.30. The zero-order valence-corrected chi connectivity index (χ0v) is 18.8. The number of benzene rings is 2. The molecule has 2 heterocycles. The van der Waals surface area contributed by atoms with E-state index in [1.807, 2.05) is 43.3 Å². The van der Waals surface area contributed by atoms with Crippen LogP contribution in [-0.2, 0) is 23.0 Å². The Balaban J connectivity index is 1.35. The summed E-state index contributed by atoms with van der Waals surface area (Å²) in [6.07, 6.45) is 2.00. The first-order valence-electron chi connectivity index (χ1n) is 10.7. The van der Waals surface area contributed by atoms with Gasteiger partial charge >= 0.3 is 0 Å². The molecule has 164 valence electrons. The standard InChI is InChI=1S/C23H28N4O3S/c1-3-4-19-7-11-21(12-8-19)31(28,29)27-15-13-26(14-16-27)17-22-24-25-23(30-22)20-9-5-18(2)6-10-20/h5-12H,3-4,13-17H2,1-2H3. The third kappa shape index (κ3) is 5.03. The van der Waals surface area contributed by atoms with E-state index in [1.165, 1.54) is 5.56 Å². The van der Waals surface area contributed by atoms with Crippen LogP contribution in [0, 0.1) is 6.92 Å². The summed E-state index contributed by atoms with van der Waals surface area (Å²) in [5.74, 6) is 1.04. The summed E-state index contributed by atoms with van der Waals surface area (Å²) in [6, 6.07) is 15.2. The van der Waals surface area contributed by atoms with Crippen molar-refractivity contribution in [3.63, 3.8) is 0 Å². The zero-order chi connectivity index (χ0) is 21.8. The predicted octanol–water partition coefficient (Wildman–Crippen LogP) is 3.50. The Bertz CT molecular complexity index is 1100. The minimum absolute atomic E-state index is 0.362. The molecule has 0 radical (unpaired) electrons. The average Bonchev–Trinajstić information content (AvgIpc) is 3.24. The Morgan fingerprint density at radius 2 is 1.61 bits per heavy atom. The van der Waals surface area contributed by atoms with Crippen molar-refractivity contribution in [2.45, 2.75) is 38.1 Å². The first kappa shape index (κ1) is 21.7. The number of sulfonamides is 1. The van der Waals surface area contributed by atoms with Gasteiger partial charge in [0.2, 0.25) is 21.8 Å². The summed E-state index contributed by atoms with van der Waals surface area (Å²) >= 11 is 0. The average molecular weight is 441 g/mol. The SMILES string of the molecule is CCCc1ccc(S(=O)(=O)N2CCN(Cc3nnc(-c4ccc(C)cc4)o3)CC2)cc1. The van der Waals surface area contributed by atoms with Crippen LogP contribution in [0.4, 0.5) is 0 Å². The number of hydrogen-bond donors (Lipinski definition) is 0. The fourth-order valence-corrected chi connectivity index (χ4v) is 5.14. The molecule has 7 nitrogen and oxygen atoms in total. The van der Waals surface area contributed by atoms with Gasteiger partial charge in [-0.2, -0.15) is 4.31 Å². The van der Waals surface area contributed by atoms with E-state index in [4.69, 9.17) is 4.42 Å². The molecule has 1 aromatic heterocycles. The van der Waals surface area contributed by atoms with Crippen LogP contribution in [0.15, 0.2) is 57.8 Å². The maximum atomic E-state index is 13.0. The fourth-order valence-electron chi connectivity index (χ4n) is 3.72. The van der Waals surface area contributed by atoms with Crippen LogP contribution in [0.3, 0.4) is 0 Å². The van der Waals surface area contributed by atoms with Crippen molar-refractivity contribution in [2.75, 3.05) is 26.2 Å². The largest absolute Gasteiger partial charge is 0.419 e. The van der Waals surface area contributed by atoms with Gasteiger partial charge < -0.3 is 4.42 Å². The molecule has 2 aromatic carbocycles. The van der Waals surface area contributed by atoms with Gasteiger partial charge in [0.15, 0.2) is 0 Å². The van der Waals surface area contributed by atoms with Gasteiger partial charge in [-0.25, -0.2) is 8.42 Å². The second-order valence-electron chi connectivity index (χ2n) is 7.94. The van der Waals surface area contributed by atoms with Gasteiger partial charge in [0.05, 0.1) is 11.4 Å². The van der Waals surface area contributed by atoms with Crippen molar-refractivity contribution in [2.24, 2.45) is 0 Å². The van der Waals surface area contributed by atoms with Crippen LogP contribution >= 0.6 is 0 Å². The maximum absolute atomic E-state index is 13.0. The van der Waals surface area contributed by atoms with E-state index in [2.05, 4.69) is 22.0 Å². The lowest BCUT2D eigenvalue weighted by atomic mass is 10.1. The minimum Gasteiger partial charge on any atom is -0.419 e. The molecular weight excluding hydrogens is 412 g/mol. The van der Waals surface area contributed by atoms with Crippen molar-refractivity contribution in [1.82, 2.24) is 19.4 Å². The zero-order valence-electron chi connectivity index (χ0n) is 18.0. The highest BCUT2D eigenvalue weighted by Crippen LogP contribution is 2.21. The van der Waals surface area contributed by atoms with Crippen LogP contribution in [0.25, 0.3) is 11.5 Å². The third-order valence-corrected chi connectivity index (χ3v) is 7.47. The van der Waals surface area contributed by atoms with Crippen LogP contribution in [0.5, 0.6) is 0 Å². The number of rotatable bonds is 7. The first-order valence-corrected chi connectivity index (χ1v) is 12.1. The Hall–Kier alpha value is -2.55. The second-order valence-corrected chi connectivity index (χ2v) is 9.88. The van der Waals surface area contributed by atoms with Gasteiger partial charge in [0.1, 0.15) is 0 Å². The van der Waals surface area contributed by atoms with Gasteiger partial charge in [-0.1, -0.05) is 43.2 Å². The molecule has 0 unspecified atom stereocenters. The number of aromatic nitrogens is 2. The van der Waals surface area contributed by atoms with Crippen molar-refractivity contribution in [1.29, 1.82) is 0 Å². The molecule has 0 aliphatic carbocycles. The summed E-state index contributed by atoms with van der Waals surface area (Å²) in [4.78, 5) is 2.50. The molecule has 1 fully saturated rings. The Morgan fingerprint density at radius 3 is 2.26 bits per heavy atom. The van der Waals surface area contributed by atoms with Crippen LogP contribution in [0.2, 0.25) is 0 Å². The highest BCUT2D eigenvalue weighted by Gasteiger charge is 2.29. The smallest absolute Gasteiger partial charge is 0.247 e. The summed E-state index contributed by atoms with van der Waals surface area (Å²) in [6.45, 7) is 6.78. The summed E-state index contributed by atoms with van der Waals surface area (Å²) in [5.41, 5.74) is 3.23. The molecule has 1 aliphatic heterocycles. The van der Waals surface area contributed by atoms with E-state index in [0.29, 0.717) is 49.4 Å². The van der Waals surface area contributed by atoms with Crippen molar-refractivity contribution >= 4 is 10.0 Å². The molecule has 4 rings (SSSR count). The van der Waals surface area contributed by atoms with E-state index in [-0.39, 0.29) is 0 Å². The molecule has 8 heteroatoms. The molecule has 0 amide bonds. The third-order valence-electron chi connectivity index (χ3n) is 5.56. The molecule has 1 saturated heterocycles. The molecule has 31 heavy (non-hydrogen) atoms. The topological polar surface area (TPSA) is 79.5 Å². The van der Waals surface area contributed by atoms with Gasteiger partial charge in [0.25, 0.3) is 0 Å². The predicted molar refractivity (Wildman–Crippen MR) is 119 cm³/mol. The van der Waals surface area contributed by atoms with Gasteiger partial charge in [-0.05, 0) is 43.2 Å². The quantitative estimate of drug-likeness (QED) is 0.559. The monoisotopic (exact) mass is 440 g/mol. The molecule has 0 atom stereocenters. The minimum atomic E-state index is -3.47. The molecule has 3 aromatic rings. The number of piperazine rings is 1. The van der Waals surface area contributed by atoms with E-state index < -0.39 is 10.0 Å². The fraction of sp³-hybridized carbons (Fsp3) is 0.391. The Labute approximate surface area is 183 Å². The van der Waals surface area contributed by atoms with Gasteiger partial charge in [-0.15, -0.1) is 10.2 Å². The van der Waals surface area contributed by atoms with Crippen molar-refractivity contribution < 1.29 is 12.8 Å². The number of nitrogens with zero attached hydrogens (tertiary/aromatic N) is 4. The Kier molecular flexibility index (Phi) is 6.50. The van der Waals surface area contributed by atoms with Crippen molar-refractivity contribution in [3.05, 3.63) is 65.5 Å². The first-order chi connectivity index (χ1) is 15.0. The van der Waals surface area contributed by atoms with Gasteiger partial charge in [-0.3, -0.25) is 4.90 Å². The highest BCUT2D eigenvalue weighted by atomic mass is 32.2. The van der Waals surface area contributed by atoms with E-state index in [1.54, 1.807) is 16.4 Å². The molecule has 0 N–H and O–H groups in total. The summed E-state index contributed by atoms with van der Waals surface area (Å²) < 4.78 is 33.3. The number of hydrogen-bond acceptors (Lipinski definition) is 6. The van der Waals surface area contributed by atoms with E-state index in [9.17, 15) is 8.42 Å². The maximum Gasteiger partial charge on any atom is 0.247 e. The van der Waals surface area contributed by atoms with Crippen LogP contribution in [0.1, 0.15) is 30.4 Å². The molecule has 1 aliphatic rings. The van der Waals surface area contributed by atoms with Crippen LogP contribution in [-0.4, -0.2) is 54.0 Å². The number of aryl methyl sites for hydroxylation is 2. The van der Waals surface area contributed by atoms with Crippen LogP contribution < -0.4 is 0 Å². The normalized spacial score (nSPS) is 15.9. The van der Waals surface area contributed by atoms with E-state index >= 15 is 0 Å². The molecule has 0 saturated carbocycles. The molecular formula is C23H28N4O3S. The summed E-state index contributed by atoms with van der Waals surface area (Å²) in [5, 5.41) is 8.30. The molecule has 0 spiro atoms. The molecule has 0 bridgehead atoms. The van der Waals surface area contributed by atoms with E-state index in [0.717, 1.165) is 24.0 Å². The van der Waals surface area contributed by atoms with Crippen molar-refractivity contribution in [3.8, 4) is 11.5 Å².